The molecule has 1 unspecified atom stereocenters. The van der Waals surface area contributed by atoms with Gasteiger partial charge in [-0.05, 0) is 6.92 Å². The topological polar surface area (TPSA) is 66.8 Å². The minimum Gasteiger partial charge on any atom is -0.390 e. The van der Waals surface area contributed by atoms with E-state index < -0.39 is 18.3 Å². The van der Waals surface area contributed by atoms with Gasteiger partial charge in [0.1, 0.15) is 11.9 Å². The van der Waals surface area contributed by atoms with Crippen LogP contribution < -0.4 is 0 Å². The van der Waals surface area contributed by atoms with Crippen molar-refractivity contribution in [3.8, 4) is 0 Å². The maximum Gasteiger partial charge on any atom is 0.132 e. The van der Waals surface area contributed by atoms with Crippen molar-refractivity contribution in [1.82, 2.24) is 0 Å². The van der Waals surface area contributed by atoms with Crippen molar-refractivity contribution < 1.29 is 19.7 Å². The second-order valence-corrected chi connectivity index (χ2v) is 3.74. The van der Waals surface area contributed by atoms with E-state index in [1.54, 1.807) is 6.92 Å². The summed E-state index contributed by atoms with van der Waals surface area (Å²) >= 11 is 0. The van der Waals surface area contributed by atoms with Gasteiger partial charge in [-0.3, -0.25) is 4.79 Å². The van der Waals surface area contributed by atoms with Crippen molar-refractivity contribution in [2.75, 3.05) is 6.61 Å². The number of aliphatic hydroxyl groups excluding tert-OH is 2. The molecular weight excluding hydrogens is 172 g/mol. The lowest BCUT2D eigenvalue weighted by Crippen LogP contribution is -2.49. The molecule has 4 nitrogen and oxygen atoms in total. The zero-order valence-electron chi connectivity index (χ0n) is 7.93. The first-order chi connectivity index (χ1) is 6.02. The van der Waals surface area contributed by atoms with Crippen molar-refractivity contribution in [3.05, 3.63) is 0 Å². The van der Waals surface area contributed by atoms with Gasteiger partial charge in [-0.1, -0.05) is 6.92 Å². The van der Waals surface area contributed by atoms with Gasteiger partial charge in [0.15, 0.2) is 0 Å². The number of ether oxygens (including phenoxy) is 1. The predicted octanol–water partition coefficient (Wildman–Crippen LogP) is -0.278. The molecule has 0 radical (unpaired) electrons. The summed E-state index contributed by atoms with van der Waals surface area (Å²) < 4.78 is 5.25. The van der Waals surface area contributed by atoms with Gasteiger partial charge in [0, 0.05) is 12.3 Å². The summed E-state index contributed by atoms with van der Waals surface area (Å²) in [5, 5.41) is 19.0. The lowest BCUT2D eigenvalue weighted by atomic mass is 9.92. The second kappa shape index (κ2) is 4.17. The fourth-order valence-electron chi connectivity index (χ4n) is 1.49. The maximum atomic E-state index is 10.8. The molecular formula is C9H16O4. The molecule has 1 rings (SSSR count). The lowest BCUT2D eigenvalue weighted by molar-refractivity contribution is -0.164. The molecule has 0 bridgehead atoms. The minimum absolute atomic E-state index is 0.0363. The van der Waals surface area contributed by atoms with Crippen LogP contribution in [-0.4, -0.2) is 40.9 Å². The number of hydrogen-bond acceptors (Lipinski definition) is 4. The highest BCUT2D eigenvalue weighted by Crippen LogP contribution is 2.21. The van der Waals surface area contributed by atoms with E-state index in [4.69, 9.17) is 4.74 Å². The van der Waals surface area contributed by atoms with E-state index in [1.165, 1.54) is 6.92 Å². The van der Waals surface area contributed by atoms with E-state index in [2.05, 4.69) is 0 Å². The number of hydrogen-bond donors (Lipinski definition) is 2. The number of Topliss-reactive ketones (excluding diaryl/α,β-unsaturated/α-hetero) is 1. The van der Waals surface area contributed by atoms with E-state index in [0.717, 1.165) is 0 Å². The molecule has 0 saturated carbocycles. The van der Waals surface area contributed by atoms with Gasteiger partial charge in [-0.25, -0.2) is 0 Å². The Hall–Kier alpha value is -0.450. The summed E-state index contributed by atoms with van der Waals surface area (Å²) in [5.41, 5.74) is 0. The fraction of sp³-hybridized carbons (Fsp3) is 0.889. The van der Waals surface area contributed by atoms with E-state index in [9.17, 15) is 15.0 Å². The third kappa shape index (κ3) is 2.49. The van der Waals surface area contributed by atoms with E-state index >= 15 is 0 Å². The first-order valence-electron chi connectivity index (χ1n) is 4.49. The van der Waals surface area contributed by atoms with Crippen LogP contribution >= 0.6 is 0 Å². The molecule has 1 heterocycles. The third-order valence-corrected chi connectivity index (χ3v) is 2.38. The Labute approximate surface area is 77.5 Å². The molecule has 1 fully saturated rings. The van der Waals surface area contributed by atoms with Gasteiger partial charge in [0.2, 0.25) is 0 Å². The molecule has 0 aromatic rings. The molecule has 4 heteroatoms. The standard InChI is InChI=1S/C9H16O4/c1-5-4-13-7(3-6(2)10)9(12)8(5)11/h5,7-9,11-12H,3-4H2,1-2H3/t5-,7?,8+,9+/m1/s1. The van der Waals surface area contributed by atoms with Gasteiger partial charge in [0.25, 0.3) is 0 Å². The van der Waals surface area contributed by atoms with Crippen LogP contribution in [0.25, 0.3) is 0 Å². The Balaban J connectivity index is 2.53. The van der Waals surface area contributed by atoms with Gasteiger partial charge in [-0.15, -0.1) is 0 Å². The average molecular weight is 188 g/mol. The minimum atomic E-state index is -0.937. The number of carbonyl (C=O) groups excluding carboxylic acids is 1. The van der Waals surface area contributed by atoms with Crippen LogP contribution in [0.5, 0.6) is 0 Å². The summed E-state index contributed by atoms with van der Waals surface area (Å²) in [4.78, 5) is 10.8. The zero-order valence-corrected chi connectivity index (χ0v) is 7.93. The van der Waals surface area contributed by atoms with Gasteiger partial charge in [-0.2, -0.15) is 0 Å². The SMILES string of the molecule is CC(=O)CC1OC[C@@H](C)[C@H](O)[C@H]1O. The first-order valence-corrected chi connectivity index (χ1v) is 4.49. The zero-order chi connectivity index (χ0) is 10.0. The second-order valence-electron chi connectivity index (χ2n) is 3.74. The summed E-state index contributed by atoms with van der Waals surface area (Å²) in [6, 6.07) is 0. The summed E-state index contributed by atoms with van der Waals surface area (Å²) in [6.45, 7) is 3.65. The van der Waals surface area contributed by atoms with Gasteiger partial charge >= 0.3 is 0 Å². The highest BCUT2D eigenvalue weighted by atomic mass is 16.5. The Morgan fingerprint density at radius 2 is 2.08 bits per heavy atom. The van der Waals surface area contributed by atoms with E-state index in [0.29, 0.717) is 6.61 Å². The quantitative estimate of drug-likeness (QED) is 0.625. The molecule has 1 saturated heterocycles. The largest absolute Gasteiger partial charge is 0.390 e. The third-order valence-electron chi connectivity index (χ3n) is 2.38. The van der Waals surface area contributed by atoms with Crippen molar-refractivity contribution in [1.29, 1.82) is 0 Å². The van der Waals surface area contributed by atoms with Gasteiger partial charge < -0.3 is 14.9 Å². The fourth-order valence-corrected chi connectivity index (χ4v) is 1.49. The molecule has 4 atom stereocenters. The van der Waals surface area contributed by atoms with Crippen LogP contribution in [0.3, 0.4) is 0 Å². The summed E-state index contributed by atoms with van der Waals surface area (Å²) in [6.07, 6.45) is -2.08. The van der Waals surface area contributed by atoms with Crippen LogP contribution in [0.2, 0.25) is 0 Å². The van der Waals surface area contributed by atoms with Gasteiger partial charge in [0.05, 0.1) is 18.8 Å². The van der Waals surface area contributed by atoms with Crippen LogP contribution in [0.15, 0.2) is 0 Å². The Kier molecular flexibility index (Phi) is 3.41. The van der Waals surface area contributed by atoms with Crippen LogP contribution in [0.4, 0.5) is 0 Å². The monoisotopic (exact) mass is 188 g/mol. The molecule has 0 spiro atoms. The normalized spacial score (nSPS) is 40.3. The van der Waals surface area contributed by atoms with Crippen molar-refractivity contribution in [2.45, 2.75) is 38.6 Å². The van der Waals surface area contributed by atoms with Crippen LogP contribution in [0.1, 0.15) is 20.3 Å². The molecule has 0 aromatic carbocycles. The predicted molar refractivity (Wildman–Crippen MR) is 46.2 cm³/mol. The van der Waals surface area contributed by atoms with E-state index in [-0.39, 0.29) is 18.1 Å². The number of ketones is 1. The molecule has 0 aliphatic carbocycles. The summed E-state index contributed by atoms with van der Waals surface area (Å²) in [7, 11) is 0. The molecule has 76 valence electrons. The Morgan fingerprint density at radius 1 is 1.46 bits per heavy atom. The molecule has 1 aliphatic rings. The summed E-state index contributed by atoms with van der Waals surface area (Å²) in [5.74, 6) is -0.107. The smallest absolute Gasteiger partial charge is 0.132 e. The number of rotatable bonds is 2. The Morgan fingerprint density at radius 3 is 2.62 bits per heavy atom. The van der Waals surface area contributed by atoms with Crippen molar-refractivity contribution in [2.24, 2.45) is 5.92 Å². The maximum absolute atomic E-state index is 10.8. The van der Waals surface area contributed by atoms with Crippen molar-refractivity contribution in [3.63, 3.8) is 0 Å². The highest BCUT2D eigenvalue weighted by Gasteiger charge is 2.36. The molecule has 13 heavy (non-hydrogen) atoms. The Bertz CT molecular complexity index is 192. The molecule has 2 N–H and O–H groups in total. The molecule has 0 aromatic heterocycles. The first kappa shape index (κ1) is 10.6. The number of carbonyl (C=O) groups is 1. The van der Waals surface area contributed by atoms with Crippen LogP contribution in [-0.2, 0) is 9.53 Å². The van der Waals surface area contributed by atoms with E-state index in [1.807, 2.05) is 0 Å². The highest BCUT2D eigenvalue weighted by molar-refractivity contribution is 5.76. The lowest BCUT2D eigenvalue weighted by Gasteiger charge is -2.35. The average Bonchev–Trinajstić information content (AvgIpc) is 2.06. The molecule has 0 amide bonds. The number of aliphatic hydroxyl groups is 2. The van der Waals surface area contributed by atoms with Crippen LogP contribution in [0, 0.1) is 5.92 Å². The molecule has 1 aliphatic heterocycles. The van der Waals surface area contributed by atoms with Crippen molar-refractivity contribution >= 4 is 5.78 Å².